The first-order valence-corrected chi connectivity index (χ1v) is 6.07. The zero-order valence-electron chi connectivity index (χ0n) is 10.3. The number of halogens is 2. The van der Waals surface area contributed by atoms with Gasteiger partial charge in [-0.3, -0.25) is 0 Å². The van der Waals surface area contributed by atoms with Crippen LogP contribution in [0.3, 0.4) is 0 Å². The predicted molar refractivity (Wildman–Crippen MR) is 70.1 cm³/mol. The molecule has 96 valence electrons. The molecule has 0 aliphatic heterocycles. The van der Waals surface area contributed by atoms with E-state index in [9.17, 15) is 4.39 Å². The molecule has 1 N–H and O–H groups in total. The summed E-state index contributed by atoms with van der Waals surface area (Å²) in [5.74, 6) is -0.269. The normalized spacial score (nSPS) is 12.7. The Bertz CT molecular complexity index is 539. The van der Waals surface area contributed by atoms with Crippen LogP contribution in [0.4, 0.5) is 4.39 Å². The molecule has 2 rings (SSSR count). The van der Waals surface area contributed by atoms with Gasteiger partial charge >= 0.3 is 0 Å². The van der Waals surface area contributed by atoms with Crippen molar-refractivity contribution in [3.8, 4) is 0 Å². The predicted octanol–water partition coefficient (Wildman–Crippen LogP) is 2.72. The van der Waals surface area contributed by atoms with Gasteiger partial charge in [0.2, 0.25) is 0 Å². The van der Waals surface area contributed by atoms with E-state index in [0.29, 0.717) is 11.4 Å². The van der Waals surface area contributed by atoms with E-state index in [1.807, 2.05) is 18.7 Å². The van der Waals surface area contributed by atoms with Gasteiger partial charge in [-0.05, 0) is 37.2 Å². The van der Waals surface area contributed by atoms with Gasteiger partial charge in [0.25, 0.3) is 0 Å². The fourth-order valence-corrected chi connectivity index (χ4v) is 2.17. The van der Waals surface area contributed by atoms with Gasteiger partial charge in [0.05, 0.1) is 18.1 Å². The lowest BCUT2D eigenvalue weighted by Gasteiger charge is -2.17. The first-order valence-electron chi connectivity index (χ1n) is 5.69. The Hall–Kier alpha value is -1.39. The topological polar surface area (TPSA) is 29.9 Å². The molecule has 1 heterocycles. The Labute approximate surface area is 111 Å². The minimum absolute atomic E-state index is 0.0526. The third-order valence-corrected chi connectivity index (χ3v) is 3.36. The molecule has 2 aromatic rings. The quantitative estimate of drug-likeness (QED) is 0.923. The molecule has 1 unspecified atom stereocenters. The van der Waals surface area contributed by atoms with Gasteiger partial charge in [-0.15, -0.1) is 0 Å². The summed E-state index contributed by atoms with van der Waals surface area (Å²) in [5.41, 5.74) is 1.83. The SMILES string of the molecule is CNC(Cc1cc(F)ccc1Cl)c1cncn1C. The Morgan fingerprint density at radius 3 is 2.89 bits per heavy atom. The monoisotopic (exact) mass is 267 g/mol. The van der Waals surface area contributed by atoms with E-state index in [-0.39, 0.29) is 11.9 Å². The molecule has 0 saturated heterocycles. The molecule has 1 aromatic carbocycles. The third-order valence-electron chi connectivity index (χ3n) is 2.99. The van der Waals surface area contributed by atoms with E-state index >= 15 is 0 Å². The number of nitrogens with zero attached hydrogens (tertiary/aromatic N) is 2. The van der Waals surface area contributed by atoms with Crippen molar-refractivity contribution in [2.45, 2.75) is 12.5 Å². The number of imidazole rings is 1. The number of aromatic nitrogens is 2. The fraction of sp³-hybridized carbons (Fsp3) is 0.308. The van der Waals surface area contributed by atoms with Crippen LogP contribution in [0.5, 0.6) is 0 Å². The van der Waals surface area contributed by atoms with E-state index in [2.05, 4.69) is 10.3 Å². The molecule has 0 saturated carbocycles. The summed E-state index contributed by atoms with van der Waals surface area (Å²) in [5, 5.41) is 3.78. The molecule has 0 aliphatic rings. The van der Waals surface area contributed by atoms with Gasteiger partial charge in [0, 0.05) is 18.3 Å². The van der Waals surface area contributed by atoms with Crippen LogP contribution in [0.1, 0.15) is 17.3 Å². The Balaban J connectivity index is 2.26. The highest BCUT2D eigenvalue weighted by atomic mass is 35.5. The average Bonchev–Trinajstić information content (AvgIpc) is 2.77. The molecule has 0 spiro atoms. The molecule has 0 bridgehead atoms. The van der Waals surface area contributed by atoms with Crippen LogP contribution in [0.25, 0.3) is 0 Å². The van der Waals surface area contributed by atoms with Crippen molar-refractivity contribution in [3.05, 3.63) is 52.8 Å². The van der Waals surface area contributed by atoms with E-state index in [1.54, 1.807) is 18.6 Å². The highest BCUT2D eigenvalue weighted by Crippen LogP contribution is 2.23. The molecule has 0 amide bonds. The molecule has 18 heavy (non-hydrogen) atoms. The van der Waals surface area contributed by atoms with E-state index in [1.165, 1.54) is 12.1 Å². The van der Waals surface area contributed by atoms with Gasteiger partial charge in [-0.2, -0.15) is 0 Å². The first kappa shape index (κ1) is 13.1. The molecular formula is C13H15ClFN3. The summed E-state index contributed by atoms with van der Waals surface area (Å²) in [6.45, 7) is 0. The molecule has 0 radical (unpaired) electrons. The standard InChI is InChI=1S/C13H15ClFN3/c1-16-12(13-7-17-8-18(13)2)6-9-5-10(15)3-4-11(9)14/h3-5,7-8,12,16H,6H2,1-2H3. The second-order valence-electron chi connectivity index (χ2n) is 4.21. The van der Waals surface area contributed by atoms with Crippen molar-refractivity contribution < 1.29 is 4.39 Å². The summed E-state index contributed by atoms with van der Waals surface area (Å²) in [6, 6.07) is 4.48. The highest BCUT2D eigenvalue weighted by molar-refractivity contribution is 6.31. The zero-order valence-corrected chi connectivity index (χ0v) is 11.1. The average molecular weight is 268 g/mol. The smallest absolute Gasteiger partial charge is 0.123 e. The minimum Gasteiger partial charge on any atom is -0.336 e. The molecule has 3 nitrogen and oxygen atoms in total. The molecule has 1 atom stereocenters. The van der Waals surface area contributed by atoms with Crippen LogP contribution < -0.4 is 5.32 Å². The Morgan fingerprint density at radius 1 is 1.50 bits per heavy atom. The first-order chi connectivity index (χ1) is 8.61. The van der Waals surface area contributed by atoms with Gasteiger partial charge in [0.15, 0.2) is 0 Å². The van der Waals surface area contributed by atoms with Crippen molar-refractivity contribution in [3.63, 3.8) is 0 Å². The zero-order chi connectivity index (χ0) is 13.1. The number of rotatable bonds is 4. The van der Waals surface area contributed by atoms with Crippen molar-refractivity contribution >= 4 is 11.6 Å². The fourth-order valence-electron chi connectivity index (χ4n) is 1.98. The summed E-state index contributed by atoms with van der Waals surface area (Å²) in [6.07, 6.45) is 4.16. The number of hydrogen-bond acceptors (Lipinski definition) is 2. The maximum atomic E-state index is 13.2. The third kappa shape index (κ3) is 2.71. The van der Waals surface area contributed by atoms with Crippen LogP contribution in [0, 0.1) is 5.82 Å². The highest BCUT2D eigenvalue weighted by Gasteiger charge is 2.15. The number of hydrogen-bond donors (Lipinski definition) is 1. The maximum absolute atomic E-state index is 13.2. The van der Waals surface area contributed by atoms with Crippen molar-refractivity contribution in [1.29, 1.82) is 0 Å². The molecule has 1 aromatic heterocycles. The summed E-state index contributed by atoms with van der Waals surface area (Å²) >= 11 is 6.08. The molecule has 5 heteroatoms. The van der Waals surface area contributed by atoms with Crippen molar-refractivity contribution in [1.82, 2.24) is 14.9 Å². The molecular weight excluding hydrogens is 253 g/mol. The van der Waals surface area contributed by atoms with Crippen LogP contribution >= 0.6 is 11.6 Å². The molecule has 0 fully saturated rings. The number of aryl methyl sites for hydroxylation is 1. The van der Waals surface area contributed by atoms with Crippen LogP contribution in [-0.2, 0) is 13.5 Å². The van der Waals surface area contributed by atoms with Gasteiger partial charge < -0.3 is 9.88 Å². The Morgan fingerprint density at radius 2 is 2.28 bits per heavy atom. The van der Waals surface area contributed by atoms with E-state index in [4.69, 9.17) is 11.6 Å². The van der Waals surface area contributed by atoms with Crippen LogP contribution in [-0.4, -0.2) is 16.6 Å². The lowest BCUT2D eigenvalue weighted by Crippen LogP contribution is -2.21. The summed E-state index contributed by atoms with van der Waals surface area (Å²) in [7, 11) is 3.80. The number of likely N-dealkylation sites (N-methyl/N-ethyl adjacent to an activating group) is 1. The van der Waals surface area contributed by atoms with Crippen LogP contribution in [0.2, 0.25) is 5.02 Å². The number of benzene rings is 1. The van der Waals surface area contributed by atoms with E-state index in [0.717, 1.165) is 11.3 Å². The number of nitrogens with one attached hydrogen (secondary N) is 1. The second kappa shape index (κ2) is 5.50. The van der Waals surface area contributed by atoms with E-state index < -0.39 is 0 Å². The van der Waals surface area contributed by atoms with Crippen molar-refractivity contribution in [2.24, 2.45) is 7.05 Å². The summed E-state index contributed by atoms with van der Waals surface area (Å²) in [4.78, 5) is 4.09. The van der Waals surface area contributed by atoms with Gasteiger partial charge in [-0.1, -0.05) is 11.6 Å². The summed E-state index contributed by atoms with van der Waals surface area (Å²) < 4.78 is 15.2. The lowest BCUT2D eigenvalue weighted by molar-refractivity contribution is 0.551. The van der Waals surface area contributed by atoms with Crippen LogP contribution in [0.15, 0.2) is 30.7 Å². The second-order valence-corrected chi connectivity index (χ2v) is 4.62. The largest absolute Gasteiger partial charge is 0.336 e. The van der Waals surface area contributed by atoms with Gasteiger partial charge in [-0.25, -0.2) is 9.37 Å². The molecule has 0 aliphatic carbocycles. The maximum Gasteiger partial charge on any atom is 0.123 e. The van der Waals surface area contributed by atoms with Gasteiger partial charge in [0.1, 0.15) is 5.82 Å². The van der Waals surface area contributed by atoms with Crippen molar-refractivity contribution in [2.75, 3.05) is 7.05 Å². The minimum atomic E-state index is -0.269. The Kier molecular flexibility index (Phi) is 3.99. The lowest BCUT2D eigenvalue weighted by atomic mass is 10.0.